The Balaban J connectivity index is 1.31. The third-order valence-corrected chi connectivity index (χ3v) is 5.67. The molecule has 8 heteroatoms. The van der Waals surface area contributed by atoms with E-state index in [9.17, 15) is 9.59 Å². The Morgan fingerprint density at radius 2 is 1.72 bits per heavy atom. The molecule has 2 aliphatic heterocycles. The number of hydrogen-bond acceptors (Lipinski definition) is 5. The number of para-hydroxylation sites is 1. The maximum Gasteiger partial charge on any atom is 0.293 e. The summed E-state index contributed by atoms with van der Waals surface area (Å²) in [6, 6.07) is 14.7. The summed E-state index contributed by atoms with van der Waals surface area (Å²) in [5.41, 5.74) is 1.19. The first-order valence-corrected chi connectivity index (χ1v) is 9.68. The Hall–Kier alpha value is -3.55. The summed E-state index contributed by atoms with van der Waals surface area (Å²) >= 11 is 0. The first kappa shape index (κ1) is 17.5. The molecule has 3 aromatic rings. The van der Waals surface area contributed by atoms with Gasteiger partial charge in [-0.25, -0.2) is 0 Å². The van der Waals surface area contributed by atoms with E-state index in [4.69, 9.17) is 0 Å². The van der Waals surface area contributed by atoms with Crippen molar-refractivity contribution in [3.8, 4) is 0 Å². The van der Waals surface area contributed by atoms with E-state index in [1.54, 1.807) is 18.3 Å². The molecule has 146 valence electrons. The van der Waals surface area contributed by atoms with Crippen molar-refractivity contribution in [1.82, 2.24) is 24.6 Å². The summed E-state index contributed by atoms with van der Waals surface area (Å²) in [4.78, 5) is 31.5. The molecule has 0 saturated carbocycles. The molecule has 0 aliphatic carbocycles. The number of carbonyl (C=O) groups is 2. The van der Waals surface area contributed by atoms with Crippen LogP contribution < -0.4 is 5.32 Å². The minimum atomic E-state index is -0.271. The van der Waals surface area contributed by atoms with E-state index in [0.717, 1.165) is 11.5 Å². The first-order valence-electron chi connectivity index (χ1n) is 9.68. The van der Waals surface area contributed by atoms with Crippen LogP contribution in [0.15, 0.2) is 54.7 Å². The van der Waals surface area contributed by atoms with E-state index in [2.05, 4.69) is 20.5 Å². The molecule has 1 saturated heterocycles. The maximum absolute atomic E-state index is 12.7. The van der Waals surface area contributed by atoms with Gasteiger partial charge in [-0.3, -0.25) is 14.6 Å². The average Bonchev–Trinajstić information content (AvgIpc) is 3.36. The van der Waals surface area contributed by atoms with Crippen molar-refractivity contribution in [2.45, 2.75) is 13.0 Å². The Morgan fingerprint density at radius 1 is 0.931 bits per heavy atom. The molecule has 2 aliphatic rings. The highest BCUT2D eigenvalue weighted by molar-refractivity contribution is 6.01. The zero-order valence-corrected chi connectivity index (χ0v) is 15.7. The largest absolute Gasteiger partial charge is 0.337 e. The van der Waals surface area contributed by atoms with Crippen molar-refractivity contribution >= 4 is 17.5 Å². The smallest absolute Gasteiger partial charge is 0.293 e. The SMILES string of the molecule is O=C(Nc1ccccc1)c1nnc2n1CC1CN(C(=O)c3ccccn3)CC1C2. The summed E-state index contributed by atoms with van der Waals surface area (Å²) in [7, 11) is 0. The molecular weight excluding hydrogens is 368 g/mol. The van der Waals surface area contributed by atoms with E-state index >= 15 is 0 Å². The van der Waals surface area contributed by atoms with E-state index in [1.165, 1.54) is 0 Å². The van der Waals surface area contributed by atoms with E-state index < -0.39 is 0 Å². The predicted octanol–water partition coefficient (Wildman–Crippen LogP) is 1.87. The number of rotatable bonds is 3. The second-order valence-corrected chi connectivity index (χ2v) is 7.52. The number of pyridine rings is 1. The lowest BCUT2D eigenvalue weighted by Crippen LogP contribution is -2.31. The van der Waals surface area contributed by atoms with Crippen molar-refractivity contribution < 1.29 is 9.59 Å². The van der Waals surface area contributed by atoms with Gasteiger partial charge < -0.3 is 14.8 Å². The molecule has 2 aromatic heterocycles. The van der Waals surface area contributed by atoms with Gasteiger partial charge in [0.1, 0.15) is 11.5 Å². The van der Waals surface area contributed by atoms with Crippen LogP contribution in [0.4, 0.5) is 5.69 Å². The lowest BCUT2D eigenvalue weighted by Gasteiger charge is -2.25. The highest BCUT2D eigenvalue weighted by Gasteiger charge is 2.41. The Morgan fingerprint density at radius 3 is 2.52 bits per heavy atom. The van der Waals surface area contributed by atoms with Crippen molar-refractivity contribution in [1.29, 1.82) is 0 Å². The molecule has 2 amide bonds. The van der Waals surface area contributed by atoms with Crippen LogP contribution in [0.25, 0.3) is 0 Å². The number of amides is 2. The fourth-order valence-corrected chi connectivity index (χ4v) is 4.22. The van der Waals surface area contributed by atoms with Gasteiger partial charge in [-0.05, 0) is 36.1 Å². The Bertz CT molecular complexity index is 1050. The number of nitrogens with zero attached hydrogens (tertiary/aromatic N) is 5. The van der Waals surface area contributed by atoms with Crippen LogP contribution >= 0.6 is 0 Å². The number of hydrogen-bond donors (Lipinski definition) is 1. The van der Waals surface area contributed by atoms with Gasteiger partial charge >= 0.3 is 0 Å². The lowest BCUT2D eigenvalue weighted by atomic mass is 9.89. The lowest BCUT2D eigenvalue weighted by molar-refractivity contribution is 0.0777. The van der Waals surface area contributed by atoms with E-state index in [0.29, 0.717) is 43.5 Å². The number of benzene rings is 1. The molecule has 29 heavy (non-hydrogen) atoms. The highest BCUT2D eigenvalue weighted by Crippen LogP contribution is 2.33. The fraction of sp³-hybridized carbons (Fsp3) is 0.286. The molecular formula is C21H20N6O2. The zero-order valence-electron chi connectivity index (χ0n) is 15.7. The van der Waals surface area contributed by atoms with Crippen LogP contribution in [0.3, 0.4) is 0 Å². The summed E-state index contributed by atoms with van der Waals surface area (Å²) in [6.45, 7) is 1.96. The minimum absolute atomic E-state index is 0.0437. The van der Waals surface area contributed by atoms with Crippen LogP contribution in [0.2, 0.25) is 0 Å². The standard InChI is InChI=1S/C21H20N6O2/c28-20(23-16-6-2-1-3-7-16)19-25-24-18-10-14-11-26(12-15(14)13-27(18)19)21(29)17-8-4-5-9-22-17/h1-9,14-15H,10-13H2,(H,23,28). The molecule has 4 heterocycles. The minimum Gasteiger partial charge on any atom is -0.337 e. The number of anilines is 1. The average molecular weight is 388 g/mol. The summed E-state index contributed by atoms with van der Waals surface area (Å²) in [5, 5.41) is 11.2. The predicted molar refractivity (Wildman–Crippen MR) is 105 cm³/mol. The Kier molecular flexibility index (Phi) is 4.31. The highest BCUT2D eigenvalue weighted by atomic mass is 16.2. The van der Waals surface area contributed by atoms with Crippen molar-refractivity contribution in [3.63, 3.8) is 0 Å². The number of nitrogens with one attached hydrogen (secondary N) is 1. The zero-order chi connectivity index (χ0) is 19.8. The van der Waals surface area contributed by atoms with Crippen molar-refractivity contribution in [3.05, 3.63) is 72.1 Å². The second-order valence-electron chi connectivity index (χ2n) is 7.52. The number of carbonyl (C=O) groups excluding carboxylic acids is 2. The van der Waals surface area contributed by atoms with Gasteiger partial charge in [0.2, 0.25) is 5.82 Å². The van der Waals surface area contributed by atoms with Gasteiger partial charge in [0.05, 0.1) is 0 Å². The van der Waals surface area contributed by atoms with Crippen LogP contribution in [-0.4, -0.2) is 49.6 Å². The van der Waals surface area contributed by atoms with E-state index in [-0.39, 0.29) is 17.7 Å². The van der Waals surface area contributed by atoms with Gasteiger partial charge in [0, 0.05) is 37.9 Å². The van der Waals surface area contributed by atoms with Gasteiger partial charge in [-0.2, -0.15) is 0 Å². The molecule has 1 aromatic carbocycles. The third kappa shape index (κ3) is 3.26. The molecule has 1 fully saturated rings. The number of likely N-dealkylation sites (tertiary alicyclic amines) is 1. The second kappa shape index (κ2) is 7.12. The molecule has 0 radical (unpaired) electrons. The van der Waals surface area contributed by atoms with Crippen LogP contribution in [0, 0.1) is 11.8 Å². The normalized spacial score (nSPS) is 20.1. The monoisotopic (exact) mass is 388 g/mol. The topological polar surface area (TPSA) is 93.0 Å². The number of aromatic nitrogens is 4. The molecule has 8 nitrogen and oxygen atoms in total. The van der Waals surface area contributed by atoms with Gasteiger partial charge in [0.25, 0.3) is 11.8 Å². The summed E-state index contributed by atoms with van der Waals surface area (Å²) < 4.78 is 1.90. The molecule has 5 rings (SSSR count). The summed E-state index contributed by atoms with van der Waals surface area (Å²) in [5.74, 6) is 1.40. The molecule has 2 atom stereocenters. The maximum atomic E-state index is 12.7. The Labute approximate surface area is 167 Å². The van der Waals surface area contributed by atoms with Crippen molar-refractivity contribution in [2.24, 2.45) is 11.8 Å². The van der Waals surface area contributed by atoms with Gasteiger partial charge in [-0.1, -0.05) is 24.3 Å². The van der Waals surface area contributed by atoms with Crippen LogP contribution in [0.5, 0.6) is 0 Å². The van der Waals surface area contributed by atoms with E-state index in [1.807, 2.05) is 45.9 Å². The summed E-state index contributed by atoms with van der Waals surface area (Å²) in [6.07, 6.45) is 2.34. The molecule has 0 spiro atoms. The fourth-order valence-electron chi connectivity index (χ4n) is 4.22. The van der Waals surface area contributed by atoms with Gasteiger partial charge in [0.15, 0.2) is 0 Å². The molecule has 1 N–H and O–H groups in total. The third-order valence-electron chi connectivity index (χ3n) is 5.67. The van der Waals surface area contributed by atoms with Gasteiger partial charge in [-0.15, -0.1) is 10.2 Å². The molecule has 2 unspecified atom stereocenters. The quantitative estimate of drug-likeness (QED) is 0.739. The first-order chi connectivity index (χ1) is 14.2. The number of fused-ring (bicyclic) bond motifs is 2. The van der Waals surface area contributed by atoms with Crippen LogP contribution in [-0.2, 0) is 13.0 Å². The molecule has 0 bridgehead atoms. The van der Waals surface area contributed by atoms with Crippen molar-refractivity contribution in [2.75, 3.05) is 18.4 Å². The van der Waals surface area contributed by atoms with Crippen LogP contribution in [0.1, 0.15) is 26.9 Å².